The molecule has 0 aliphatic carbocycles. The maximum absolute atomic E-state index is 2.69. The minimum atomic E-state index is 0.124. The highest BCUT2D eigenvalue weighted by atomic mass is 15.2. The van der Waals surface area contributed by atoms with E-state index in [0.29, 0.717) is 6.04 Å². The summed E-state index contributed by atoms with van der Waals surface area (Å²) in [6, 6.07) is 20.8. The maximum Gasteiger partial charge on any atom is 0.0352 e. The van der Waals surface area contributed by atoms with E-state index in [-0.39, 0.29) is 5.41 Å². The lowest BCUT2D eigenvalue weighted by Crippen LogP contribution is -2.44. The van der Waals surface area contributed by atoms with Gasteiger partial charge in [-0.15, -0.1) is 0 Å². The van der Waals surface area contributed by atoms with Gasteiger partial charge in [-0.25, -0.2) is 0 Å². The Morgan fingerprint density at radius 2 is 1.75 bits per heavy atom. The van der Waals surface area contributed by atoms with Crippen molar-refractivity contribution in [3.8, 4) is 0 Å². The molecular weight excluding hydrogens is 242 g/mol. The Morgan fingerprint density at radius 1 is 1.00 bits per heavy atom. The Balaban J connectivity index is 1.91. The van der Waals surface area contributed by atoms with Crippen LogP contribution in [0.5, 0.6) is 0 Å². The van der Waals surface area contributed by atoms with E-state index in [9.17, 15) is 0 Å². The predicted octanol–water partition coefficient (Wildman–Crippen LogP) is 4.14. The zero-order valence-electron chi connectivity index (χ0n) is 12.0. The van der Waals surface area contributed by atoms with Crippen molar-refractivity contribution >= 4 is 0 Å². The molecule has 2 aliphatic heterocycles. The van der Waals surface area contributed by atoms with Gasteiger partial charge in [0.15, 0.2) is 0 Å². The van der Waals surface area contributed by atoms with Crippen LogP contribution in [-0.2, 0) is 5.41 Å². The zero-order chi connectivity index (χ0) is 13.6. The standard InChI is InChI=1S/C19H21N/c1-19(15-8-3-2-4-9-15)14-20-13-7-12-18(20)16-10-5-6-11-17(16)19/h2-6,8-11,18H,7,12-14H2,1H3/t18-,19-/m0/s1. The fraction of sp³-hybridized carbons (Fsp3) is 0.368. The van der Waals surface area contributed by atoms with Gasteiger partial charge in [0.2, 0.25) is 0 Å². The van der Waals surface area contributed by atoms with E-state index in [4.69, 9.17) is 0 Å². The third-order valence-electron chi connectivity index (χ3n) is 5.21. The first-order valence-electron chi connectivity index (χ1n) is 7.68. The molecule has 1 heteroatoms. The summed E-state index contributed by atoms with van der Waals surface area (Å²) in [5, 5.41) is 0. The van der Waals surface area contributed by atoms with Crippen molar-refractivity contribution < 1.29 is 0 Å². The number of hydrogen-bond acceptors (Lipinski definition) is 1. The average molecular weight is 263 g/mol. The highest BCUT2D eigenvalue weighted by Gasteiger charge is 2.42. The molecule has 0 aromatic heterocycles. The fourth-order valence-electron chi connectivity index (χ4n) is 4.20. The van der Waals surface area contributed by atoms with Gasteiger partial charge in [-0.1, -0.05) is 61.5 Å². The van der Waals surface area contributed by atoms with Crippen LogP contribution in [0.2, 0.25) is 0 Å². The van der Waals surface area contributed by atoms with Crippen LogP contribution in [0.3, 0.4) is 0 Å². The fourth-order valence-corrected chi connectivity index (χ4v) is 4.20. The summed E-state index contributed by atoms with van der Waals surface area (Å²) in [6.45, 7) is 4.82. The highest BCUT2D eigenvalue weighted by Crippen LogP contribution is 2.47. The Labute approximate surface area is 121 Å². The smallest absolute Gasteiger partial charge is 0.0352 e. The average Bonchev–Trinajstić information content (AvgIpc) is 2.97. The van der Waals surface area contributed by atoms with Gasteiger partial charge < -0.3 is 0 Å². The molecule has 0 unspecified atom stereocenters. The summed E-state index contributed by atoms with van der Waals surface area (Å²) in [5.74, 6) is 0. The molecule has 0 N–H and O–H groups in total. The molecule has 2 heterocycles. The van der Waals surface area contributed by atoms with Gasteiger partial charge in [0.25, 0.3) is 0 Å². The van der Waals surface area contributed by atoms with Gasteiger partial charge in [0.05, 0.1) is 0 Å². The molecule has 2 aromatic carbocycles. The highest BCUT2D eigenvalue weighted by molar-refractivity contribution is 5.47. The number of hydrogen-bond donors (Lipinski definition) is 0. The van der Waals surface area contributed by atoms with Crippen LogP contribution < -0.4 is 0 Å². The van der Waals surface area contributed by atoms with E-state index in [2.05, 4.69) is 66.4 Å². The molecule has 0 amide bonds. The molecule has 20 heavy (non-hydrogen) atoms. The van der Waals surface area contributed by atoms with Crippen molar-refractivity contribution in [2.75, 3.05) is 13.1 Å². The van der Waals surface area contributed by atoms with Gasteiger partial charge in [-0.05, 0) is 36.1 Å². The second kappa shape index (κ2) is 4.46. The summed E-state index contributed by atoms with van der Waals surface area (Å²) in [5.41, 5.74) is 4.66. The van der Waals surface area contributed by atoms with Crippen LogP contribution in [0, 0.1) is 0 Å². The molecule has 2 aliphatic rings. The summed E-state index contributed by atoms with van der Waals surface area (Å²) in [6.07, 6.45) is 2.66. The molecule has 0 bridgehead atoms. The number of nitrogens with zero attached hydrogens (tertiary/aromatic N) is 1. The minimum Gasteiger partial charge on any atom is -0.295 e. The molecular formula is C19H21N. The molecule has 2 atom stereocenters. The lowest BCUT2D eigenvalue weighted by molar-refractivity contribution is 0.194. The SMILES string of the molecule is C[C@@]1(c2ccccc2)CN2CCC[C@H]2c2ccccc21. The predicted molar refractivity (Wildman–Crippen MR) is 82.9 cm³/mol. The van der Waals surface area contributed by atoms with Crippen molar-refractivity contribution in [1.82, 2.24) is 4.90 Å². The van der Waals surface area contributed by atoms with Crippen LogP contribution in [0.25, 0.3) is 0 Å². The topological polar surface area (TPSA) is 3.24 Å². The molecule has 0 radical (unpaired) electrons. The quantitative estimate of drug-likeness (QED) is 0.747. The Hall–Kier alpha value is -1.60. The van der Waals surface area contributed by atoms with E-state index in [1.807, 2.05) is 0 Å². The van der Waals surface area contributed by atoms with Gasteiger partial charge in [-0.3, -0.25) is 4.90 Å². The van der Waals surface area contributed by atoms with Crippen LogP contribution in [-0.4, -0.2) is 18.0 Å². The van der Waals surface area contributed by atoms with E-state index < -0.39 is 0 Å². The van der Waals surface area contributed by atoms with Crippen LogP contribution >= 0.6 is 0 Å². The Kier molecular flexibility index (Phi) is 2.71. The number of benzene rings is 2. The summed E-state index contributed by atoms with van der Waals surface area (Å²) >= 11 is 0. The minimum absolute atomic E-state index is 0.124. The van der Waals surface area contributed by atoms with Crippen molar-refractivity contribution in [3.05, 3.63) is 71.3 Å². The van der Waals surface area contributed by atoms with Gasteiger partial charge >= 0.3 is 0 Å². The van der Waals surface area contributed by atoms with E-state index >= 15 is 0 Å². The van der Waals surface area contributed by atoms with E-state index in [0.717, 1.165) is 6.54 Å². The molecule has 1 saturated heterocycles. The third kappa shape index (κ3) is 1.66. The summed E-state index contributed by atoms with van der Waals surface area (Å²) in [7, 11) is 0. The molecule has 0 spiro atoms. The van der Waals surface area contributed by atoms with E-state index in [1.54, 1.807) is 5.56 Å². The van der Waals surface area contributed by atoms with Crippen LogP contribution in [0.4, 0.5) is 0 Å². The second-order valence-electron chi connectivity index (χ2n) is 6.41. The first-order chi connectivity index (χ1) is 9.79. The molecule has 102 valence electrons. The van der Waals surface area contributed by atoms with E-state index in [1.165, 1.54) is 30.5 Å². The first-order valence-corrected chi connectivity index (χ1v) is 7.68. The number of rotatable bonds is 1. The molecule has 4 rings (SSSR count). The number of fused-ring (bicyclic) bond motifs is 3. The first kappa shape index (κ1) is 12.2. The van der Waals surface area contributed by atoms with Crippen molar-refractivity contribution in [1.29, 1.82) is 0 Å². The third-order valence-corrected chi connectivity index (χ3v) is 5.21. The van der Waals surface area contributed by atoms with Crippen LogP contribution in [0.15, 0.2) is 54.6 Å². The maximum atomic E-state index is 2.69. The molecule has 0 saturated carbocycles. The van der Waals surface area contributed by atoms with Gasteiger partial charge in [0, 0.05) is 18.0 Å². The molecule has 1 nitrogen and oxygen atoms in total. The second-order valence-corrected chi connectivity index (χ2v) is 6.41. The lowest BCUT2D eigenvalue weighted by Gasteiger charge is -2.44. The van der Waals surface area contributed by atoms with Gasteiger partial charge in [0.1, 0.15) is 0 Å². The van der Waals surface area contributed by atoms with Crippen molar-refractivity contribution in [3.63, 3.8) is 0 Å². The summed E-state index contributed by atoms with van der Waals surface area (Å²) < 4.78 is 0. The Morgan fingerprint density at radius 3 is 2.60 bits per heavy atom. The van der Waals surface area contributed by atoms with Crippen LogP contribution in [0.1, 0.15) is 42.5 Å². The monoisotopic (exact) mass is 263 g/mol. The van der Waals surface area contributed by atoms with Crippen molar-refractivity contribution in [2.45, 2.75) is 31.2 Å². The molecule has 1 fully saturated rings. The largest absolute Gasteiger partial charge is 0.295 e. The Bertz CT molecular complexity index is 619. The molecule has 2 aromatic rings. The van der Waals surface area contributed by atoms with Crippen molar-refractivity contribution in [2.24, 2.45) is 0 Å². The van der Waals surface area contributed by atoms with Gasteiger partial charge in [-0.2, -0.15) is 0 Å². The lowest BCUT2D eigenvalue weighted by atomic mass is 9.70. The normalized spacial score (nSPS) is 28.9. The zero-order valence-corrected chi connectivity index (χ0v) is 12.0. The summed E-state index contributed by atoms with van der Waals surface area (Å²) in [4.78, 5) is 2.69.